The lowest BCUT2D eigenvalue weighted by Crippen LogP contribution is -2.43. The van der Waals surface area contributed by atoms with Gasteiger partial charge in [-0.25, -0.2) is 0 Å². The predicted octanol–water partition coefficient (Wildman–Crippen LogP) is 2.39. The van der Waals surface area contributed by atoms with Crippen LogP contribution < -0.4 is 5.32 Å². The molecule has 2 aliphatic rings. The van der Waals surface area contributed by atoms with Crippen LogP contribution in [0.15, 0.2) is 0 Å². The Hall–Kier alpha value is -0.0800. The molecular formula is C13H26N2. The molecule has 0 radical (unpaired) electrons. The highest BCUT2D eigenvalue weighted by molar-refractivity contribution is 4.86. The number of nitrogens with zero attached hydrogens (tertiary/aromatic N) is 1. The van der Waals surface area contributed by atoms with Crippen molar-refractivity contribution in [2.45, 2.75) is 70.0 Å². The molecule has 2 saturated carbocycles. The first-order valence-electron chi connectivity index (χ1n) is 6.72. The highest BCUT2D eigenvalue weighted by atomic mass is 15.2. The zero-order valence-electron chi connectivity index (χ0n) is 10.3. The standard InChI is InChI=1S/C13H26N2/c1-11(15(2)13-8-9-13)10-14-12-6-4-3-5-7-12/h11-14H,3-10H2,1-2H3. The molecule has 2 fully saturated rings. The van der Waals surface area contributed by atoms with Gasteiger partial charge >= 0.3 is 0 Å². The van der Waals surface area contributed by atoms with Gasteiger partial charge in [0.15, 0.2) is 0 Å². The second kappa shape index (κ2) is 5.31. The Morgan fingerprint density at radius 2 is 1.80 bits per heavy atom. The van der Waals surface area contributed by atoms with E-state index < -0.39 is 0 Å². The lowest BCUT2D eigenvalue weighted by Gasteiger charge is -2.29. The van der Waals surface area contributed by atoms with Crippen molar-refractivity contribution >= 4 is 0 Å². The minimum atomic E-state index is 0.708. The minimum absolute atomic E-state index is 0.708. The Balaban J connectivity index is 1.62. The van der Waals surface area contributed by atoms with Crippen molar-refractivity contribution in [3.05, 3.63) is 0 Å². The fourth-order valence-electron chi connectivity index (χ4n) is 2.63. The number of nitrogens with one attached hydrogen (secondary N) is 1. The topological polar surface area (TPSA) is 15.3 Å². The van der Waals surface area contributed by atoms with E-state index in [4.69, 9.17) is 0 Å². The van der Waals surface area contributed by atoms with E-state index >= 15 is 0 Å². The third-order valence-electron chi connectivity index (χ3n) is 4.13. The number of rotatable bonds is 5. The van der Waals surface area contributed by atoms with Crippen molar-refractivity contribution in [3.8, 4) is 0 Å². The Labute approximate surface area is 94.4 Å². The van der Waals surface area contributed by atoms with Gasteiger partial charge in [-0.05, 0) is 39.7 Å². The van der Waals surface area contributed by atoms with Crippen molar-refractivity contribution in [1.29, 1.82) is 0 Å². The molecule has 1 unspecified atom stereocenters. The SMILES string of the molecule is CC(CNC1CCCCC1)N(C)C1CC1. The summed E-state index contributed by atoms with van der Waals surface area (Å²) in [5.41, 5.74) is 0. The summed E-state index contributed by atoms with van der Waals surface area (Å²) in [5, 5.41) is 3.74. The number of likely N-dealkylation sites (N-methyl/N-ethyl adjacent to an activating group) is 1. The van der Waals surface area contributed by atoms with Crippen LogP contribution in [0.3, 0.4) is 0 Å². The van der Waals surface area contributed by atoms with E-state index in [1.807, 2.05) is 0 Å². The van der Waals surface area contributed by atoms with Crippen molar-refractivity contribution in [1.82, 2.24) is 10.2 Å². The van der Waals surface area contributed by atoms with Gasteiger partial charge in [-0.1, -0.05) is 19.3 Å². The Bertz CT molecular complexity index is 183. The Morgan fingerprint density at radius 3 is 2.40 bits per heavy atom. The predicted molar refractivity (Wildman–Crippen MR) is 65.1 cm³/mol. The second-order valence-electron chi connectivity index (χ2n) is 5.49. The molecule has 0 heterocycles. The van der Waals surface area contributed by atoms with E-state index in [2.05, 4.69) is 24.2 Å². The van der Waals surface area contributed by atoms with Crippen LogP contribution >= 0.6 is 0 Å². The zero-order valence-corrected chi connectivity index (χ0v) is 10.3. The van der Waals surface area contributed by atoms with Gasteiger partial charge in [-0.2, -0.15) is 0 Å². The van der Waals surface area contributed by atoms with Crippen LogP contribution in [0.2, 0.25) is 0 Å². The summed E-state index contributed by atoms with van der Waals surface area (Å²) in [6.45, 7) is 3.53. The summed E-state index contributed by atoms with van der Waals surface area (Å²) in [6, 6.07) is 2.42. The van der Waals surface area contributed by atoms with Crippen LogP contribution in [-0.2, 0) is 0 Å². The number of hydrogen-bond donors (Lipinski definition) is 1. The molecule has 0 aromatic carbocycles. The first kappa shape index (κ1) is 11.4. The van der Waals surface area contributed by atoms with Gasteiger partial charge in [-0.15, -0.1) is 0 Å². The normalized spacial score (nSPS) is 25.8. The highest BCUT2D eigenvalue weighted by Gasteiger charge is 2.29. The molecule has 2 nitrogen and oxygen atoms in total. The summed E-state index contributed by atoms with van der Waals surface area (Å²) < 4.78 is 0. The summed E-state index contributed by atoms with van der Waals surface area (Å²) in [4.78, 5) is 2.55. The lowest BCUT2D eigenvalue weighted by molar-refractivity contribution is 0.228. The molecular weight excluding hydrogens is 184 g/mol. The van der Waals surface area contributed by atoms with Crippen LogP contribution in [0.5, 0.6) is 0 Å². The molecule has 1 N–H and O–H groups in total. The van der Waals surface area contributed by atoms with Crippen molar-refractivity contribution in [2.75, 3.05) is 13.6 Å². The number of hydrogen-bond acceptors (Lipinski definition) is 2. The maximum Gasteiger partial charge on any atom is 0.0192 e. The summed E-state index contributed by atoms with van der Waals surface area (Å²) in [7, 11) is 2.28. The summed E-state index contributed by atoms with van der Waals surface area (Å²) in [5.74, 6) is 0. The monoisotopic (exact) mass is 210 g/mol. The molecule has 0 aromatic heterocycles. The van der Waals surface area contributed by atoms with E-state index in [1.54, 1.807) is 0 Å². The Kier molecular flexibility index (Phi) is 4.04. The maximum absolute atomic E-state index is 3.74. The molecule has 0 aromatic rings. The van der Waals surface area contributed by atoms with Crippen LogP contribution in [0.25, 0.3) is 0 Å². The third kappa shape index (κ3) is 3.46. The van der Waals surface area contributed by atoms with Gasteiger partial charge in [0.05, 0.1) is 0 Å². The van der Waals surface area contributed by atoms with Gasteiger partial charge in [0.2, 0.25) is 0 Å². The lowest BCUT2D eigenvalue weighted by atomic mass is 9.95. The van der Waals surface area contributed by atoms with Crippen LogP contribution in [0.4, 0.5) is 0 Å². The van der Waals surface area contributed by atoms with E-state index in [0.717, 1.165) is 12.1 Å². The van der Waals surface area contributed by atoms with Crippen LogP contribution in [0.1, 0.15) is 51.9 Å². The van der Waals surface area contributed by atoms with E-state index in [9.17, 15) is 0 Å². The van der Waals surface area contributed by atoms with Crippen molar-refractivity contribution in [3.63, 3.8) is 0 Å². The fourth-order valence-corrected chi connectivity index (χ4v) is 2.63. The van der Waals surface area contributed by atoms with Gasteiger partial charge in [-0.3, -0.25) is 4.90 Å². The first-order chi connectivity index (χ1) is 7.27. The quantitative estimate of drug-likeness (QED) is 0.749. The molecule has 0 amide bonds. The molecule has 1 atom stereocenters. The van der Waals surface area contributed by atoms with E-state index in [0.29, 0.717) is 6.04 Å². The van der Waals surface area contributed by atoms with E-state index in [1.165, 1.54) is 51.5 Å². The summed E-state index contributed by atoms with van der Waals surface area (Å²) >= 11 is 0. The summed E-state index contributed by atoms with van der Waals surface area (Å²) in [6.07, 6.45) is 9.97. The smallest absolute Gasteiger partial charge is 0.0192 e. The van der Waals surface area contributed by atoms with Crippen molar-refractivity contribution in [2.24, 2.45) is 0 Å². The highest BCUT2D eigenvalue weighted by Crippen LogP contribution is 2.26. The fraction of sp³-hybridized carbons (Fsp3) is 1.00. The minimum Gasteiger partial charge on any atom is -0.312 e. The van der Waals surface area contributed by atoms with E-state index in [-0.39, 0.29) is 0 Å². The van der Waals surface area contributed by atoms with Gasteiger partial charge in [0.1, 0.15) is 0 Å². The molecule has 15 heavy (non-hydrogen) atoms. The van der Waals surface area contributed by atoms with Gasteiger partial charge < -0.3 is 5.32 Å². The van der Waals surface area contributed by atoms with Crippen LogP contribution in [-0.4, -0.2) is 36.6 Å². The van der Waals surface area contributed by atoms with Gasteiger partial charge in [0, 0.05) is 24.7 Å². The third-order valence-corrected chi connectivity index (χ3v) is 4.13. The molecule has 0 saturated heterocycles. The van der Waals surface area contributed by atoms with Gasteiger partial charge in [0.25, 0.3) is 0 Å². The largest absolute Gasteiger partial charge is 0.312 e. The molecule has 2 rings (SSSR count). The molecule has 0 bridgehead atoms. The second-order valence-corrected chi connectivity index (χ2v) is 5.49. The Morgan fingerprint density at radius 1 is 1.13 bits per heavy atom. The zero-order chi connectivity index (χ0) is 10.7. The molecule has 2 heteroatoms. The molecule has 0 aliphatic heterocycles. The molecule has 88 valence electrons. The maximum atomic E-state index is 3.74. The average molecular weight is 210 g/mol. The molecule has 2 aliphatic carbocycles. The van der Waals surface area contributed by atoms with Crippen molar-refractivity contribution < 1.29 is 0 Å². The van der Waals surface area contributed by atoms with Crippen LogP contribution in [0, 0.1) is 0 Å². The first-order valence-corrected chi connectivity index (χ1v) is 6.72. The average Bonchev–Trinajstić information content (AvgIpc) is 3.10. The molecule has 0 spiro atoms.